The van der Waals surface area contributed by atoms with E-state index in [0.717, 1.165) is 11.1 Å². The highest BCUT2D eigenvalue weighted by molar-refractivity contribution is 6.34. The van der Waals surface area contributed by atoms with E-state index < -0.39 is 0 Å². The lowest BCUT2D eigenvalue weighted by Gasteiger charge is -2.00. The van der Waals surface area contributed by atoms with Gasteiger partial charge < -0.3 is 0 Å². The molecule has 6 heteroatoms. The second-order valence-electron chi connectivity index (χ2n) is 6.05. The zero-order valence-electron chi connectivity index (χ0n) is 15.2. The van der Waals surface area contributed by atoms with Crippen LogP contribution < -0.4 is 5.43 Å². The maximum atomic E-state index is 12.2. The highest BCUT2D eigenvalue weighted by atomic mass is 35.5. The summed E-state index contributed by atoms with van der Waals surface area (Å²) in [6.07, 6.45) is 4.73. The Morgan fingerprint density at radius 1 is 0.862 bits per heavy atom. The number of amides is 1. The van der Waals surface area contributed by atoms with Crippen LogP contribution in [0.3, 0.4) is 0 Å². The van der Waals surface area contributed by atoms with E-state index in [1.165, 1.54) is 12.3 Å². The van der Waals surface area contributed by atoms with Crippen LogP contribution in [0.5, 0.6) is 0 Å². The van der Waals surface area contributed by atoms with Crippen LogP contribution in [0.1, 0.15) is 31.8 Å². The van der Waals surface area contributed by atoms with Crippen LogP contribution in [0.2, 0.25) is 10.0 Å². The number of carbonyl (C=O) groups excluding carboxylic acids is 2. The number of hydrogen-bond donors (Lipinski definition) is 1. The van der Waals surface area contributed by atoms with Gasteiger partial charge in [0.05, 0.1) is 11.2 Å². The third-order valence-corrected chi connectivity index (χ3v) is 4.53. The summed E-state index contributed by atoms with van der Waals surface area (Å²) in [6.45, 7) is 0. The molecule has 3 aromatic rings. The van der Waals surface area contributed by atoms with Crippen LogP contribution in [0.15, 0.2) is 84.0 Å². The number of benzene rings is 3. The third-order valence-electron chi connectivity index (χ3n) is 3.97. The second-order valence-corrected chi connectivity index (χ2v) is 6.90. The summed E-state index contributed by atoms with van der Waals surface area (Å²) in [5.74, 6) is -0.508. The van der Waals surface area contributed by atoms with Crippen LogP contribution in [0, 0.1) is 0 Å². The van der Waals surface area contributed by atoms with E-state index in [9.17, 15) is 9.59 Å². The molecule has 0 fully saturated rings. The fraction of sp³-hybridized carbons (Fsp3) is 0. The Kier molecular flexibility index (Phi) is 6.95. The van der Waals surface area contributed by atoms with Gasteiger partial charge in [0.25, 0.3) is 5.91 Å². The number of nitrogens with zero attached hydrogens (tertiary/aromatic N) is 1. The minimum atomic E-state index is -0.346. The van der Waals surface area contributed by atoms with Gasteiger partial charge in [0.15, 0.2) is 5.78 Å². The maximum Gasteiger partial charge on any atom is 0.271 e. The van der Waals surface area contributed by atoms with Crippen molar-refractivity contribution in [2.75, 3.05) is 0 Å². The van der Waals surface area contributed by atoms with E-state index in [2.05, 4.69) is 10.5 Å². The topological polar surface area (TPSA) is 58.5 Å². The molecule has 0 atom stereocenters. The smallest absolute Gasteiger partial charge is 0.271 e. The van der Waals surface area contributed by atoms with Crippen molar-refractivity contribution in [1.29, 1.82) is 0 Å². The first-order chi connectivity index (χ1) is 14.0. The molecule has 0 aliphatic carbocycles. The van der Waals surface area contributed by atoms with Crippen LogP contribution in [0.4, 0.5) is 0 Å². The average molecular weight is 423 g/mol. The van der Waals surface area contributed by atoms with Gasteiger partial charge in [-0.2, -0.15) is 5.10 Å². The highest BCUT2D eigenvalue weighted by Gasteiger charge is 2.06. The molecule has 144 valence electrons. The fourth-order valence-electron chi connectivity index (χ4n) is 2.48. The Bertz CT molecular complexity index is 1090. The highest BCUT2D eigenvalue weighted by Crippen LogP contribution is 2.16. The number of halogens is 2. The molecule has 0 bridgehead atoms. The molecule has 1 amide bonds. The first-order valence-corrected chi connectivity index (χ1v) is 9.44. The Morgan fingerprint density at radius 3 is 2.31 bits per heavy atom. The predicted octanol–water partition coefficient (Wildman–Crippen LogP) is 5.65. The van der Waals surface area contributed by atoms with Crippen molar-refractivity contribution >= 4 is 47.2 Å². The van der Waals surface area contributed by atoms with Gasteiger partial charge in [0.1, 0.15) is 0 Å². The number of rotatable bonds is 6. The van der Waals surface area contributed by atoms with Gasteiger partial charge in [-0.3, -0.25) is 9.59 Å². The molecular weight excluding hydrogens is 407 g/mol. The number of nitrogens with one attached hydrogen (secondary N) is 1. The third kappa shape index (κ3) is 5.88. The number of carbonyl (C=O) groups is 2. The van der Waals surface area contributed by atoms with Gasteiger partial charge in [-0.25, -0.2) is 5.43 Å². The van der Waals surface area contributed by atoms with Crippen LogP contribution in [-0.4, -0.2) is 17.9 Å². The summed E-state index contributed by atoms with van der Waals surface area (Å²) in [4.78, 5) is 24.2. The Labute approximate surface area is 178 Å². The van der Waals surface area contributed by atoms with Crippen LogP contribution in [0.25, 0.3) is 6.08 Å². The van der Waals surface area contributed by atoms with Gasteiger partial charge in [-0.15, -0.1) is 0 Å². The van der Waals surface area contributed by atoms with Gasteiger partial charge in [-0.05, 0) is 47.5 Å². The minimum Gasteiger partial charge on any atom is -0.289 e. The molecule has 0 saturated heterocycles. The SMILES string of the molecule is O=C(N/N=C/c1ccc(/C=C/C(=O)c2ccccc2Cl)cc1)c1cccc(Cl)c1. The molecule has 3 rings (SSSR count). The number of hydrogen-bond acceptors (Lipinski definition) is 3. The molecule has 0 saturated carbocycles. The minimum absolute atomic E-state index is 0.162. The number of allylic oxidation sites excluding steroid dienone is 1. The first-order valence-electron chi connectivity index (χ1n) is 8.69. The summed E-state index contributed by atoms with van der Waals surface area (Å²) in [5, 5.41) is 4.86. The Morgan fingerprint density at radius 2 is 1.59 bits per heavy atom. The predicted molar refractivity (Wildman–Crippen MR) is 118 cm³/mol. The van der Waals surface area contributed by atoms with Crippen molar-refractivity contribution < 1.29 is 9.59 Å². The van der Waals surface area contributed by atoms with Crippen LogP contribution >= 0.6 is 23.2 Å². The fourth-order valence-corrected chi connectivity index (χ4v) is 2.89. The molecular formula is C23H16Cl2N2O2. The van der Waals surface area contributed by atoms with Crippen molar-refractivity contribution in [3.05, 3.63) is 111 Å². The van der Waals surface area contributed by atoms with Crippen molar-refractivity contribution in [3.63, 3.8) is 0 Å². The van der Waals surface area contributed by atoms with Crippen LogP contribution in [-0.2, 0) is 0 Å². The maximum absolute atomic E-state index is 12.2. The van der Waals surface area contributed by atoms with Gasteiger partial charge in [-0.1, -0.05) is 71.7 Å². The standard InChI is InChI=1S/C23H16Cl2N2O2/c24-19-5-3-4-18(14-19)23(29)27-26-15-17-10-8-16(9-11-17)12-13-22(28)20-6-1-2-7-21(20)25/h1-15H,(H,27,29)/b13-12+,26-15+. The van der Waals surface area contributed by atoms with Crippen molar-refractivity contribution in [3.8, 4) is 0 Å². The summed E-state index contributed by atoms with van der Waals surface area (Å²) in [6, 6.07) is 20.9. The van der Waals surface area contributed by atoms with E-state index in [1.54, 1.807) is 54.6 Å². The normalized spacial score (nSPS) is 11.1. The van der Waals surface area contributed by atoms with Gasteiger partial charge in [0, 0.05) is 16.1 Å². The Hall–Kier alpha value is -3.21. The summed E-state index contributed by atoms with van der Waals surface area (Å²) in [7, 11) is 0. The summed E-state index contributed by atoms with van der Waals surface area (Å²) >= 11 is 11.9. The molecule has 1 N–H and O–H groups in total. The monoisotopic (exact) mass is 422 g/mol. The summed E-state index contributed by atoms with van der Waals surface area (Å²) < 4.78 is 0. The number of ketones is 1. The largest absolute Gasteiger partial charge is 0.289 e. The van der Waals surface area contributed by atoms with E-state index in [-0.39, 0.29) is 11.7 Å². The molecule has 0 unspecified atom stereocenters. The van der Waals surface area contributed by atoms with Gasteiger partial charge in [0.2, 0.25) is 0 Å². The van der Waals surface area contributed by atoms with Gasteiger partial charge >= 0.3 is 0 Å². The molecule has 0 heterocycles. The Balaban J connectivity index is 1.58. The zero-order valence-corrected chi connectivity index (χ0v) is 16.7. The molecule has 3 aromatic carbocycles. The molecule has 0 spiro atoms. The molecule has 0 aliphatic heterocycles. The zero-order chi connectivity index (χ0) is 20.6. The van der Waals surface area contributed by atoms with E-state index in [4.69, 9.17) is 23.2 Å². The van der Waals surface area contributed by atoms with E-state index in [0.29, 0.717) is 21.2 Å². The quantitative estimate of drug-likeness (QED) is 0.241. The first kappa shape index (κ1) is 20.5. The molecule has 0 radical (unpaired) electrons. The van der Waals surface area contributed by atoms with E-state index in [1.807, 2.05) is 24.3 Å². The molecule has 0 aliphatic rings. The van der Waals surface area contributed by atoms with Crippen molar-refractivity contribution in [2.24, 2.45) is 5.10 Å². The molecule has 0 aromatic heterocycles. The average Bonchev–Trinajstić information content (AvgIpc) is 2.73. The van der Waals surface area contributed by atoms with Crippen molar-refractivity contribution in [2.45, 2.75) is 0 Å². The van der Waals surface area contributed by atoms with Crippen molar-refractivity contribution in [1.82, 2.24) is 5.43 Å². The summed E-state index contributed by atoms with van der Waals surface area (Å²) in [5.41, 5.74) is 4.99. The lowest BCUT2D eigenvalue weighted by atomic mass is 10.1. The second kappa shape index (κ2) is 9.82. The molecule has 29 heavy (non-hydrogen) atoms. The lowest BCUT2D eigenvalue weighted by Crippen LogP contribution is -2.17. The lowest BCUT2D eigenvalue weighted by molar-refractivity contribution is 0.0954. The number of hydrazone groups is 1. The molecule has 4 nitrogen and oxygen atoms in total. The van der Waals surface area contributed by atoms with E-state index >= 15 is 0 Å².